The molecule has 0 saturated heterocycles. The van der Waals surface area contributed by atoms with E-state index in [-0.39, 0.29) is 6.61 Å². The second-order valence-electron chi connectivity index (χ2n) is 4.66. The van der Waals surface area contributed by atoms with Gasteiger partial charge in [-0.05, 0) is 34.6 Å². The third-order valence-corrected chi connectivity index (χ3v) is 3.93. The molecule has 0 aromatic carbocycles. The van der Waals surface area contributed by atoms with E-state index >= 15 is 0 Å². The molecule has 0 radical (unpaired) electrons. The van der Waals surface area contributed by atoms with Crippen LogP contribution in [0.1, 0.15) is 34.6 Å². The Kier molecular flexibility index (Phi) is 5.82. The minimum atomic E-state index is -3.64. The Morgan fingerprint density at radius 1 is 1.06 bits per heavy atom. The van der Waals surface area contributed by atoms with Gasteiger partial charge in [-0.1, -0.05) is 12.2 Å². The van der Waals surface area contributed by atoms with Gasteiger partial charge in [-0.3, -0.25) is 13.6 Å². The third-order valence-electron chi connectivity index (χ3n) is 1.96. The van der Waals surface area contributed by atoms with Gasteiger partial charge >= 0.3 is 7.82 Å². The minimum Gasteiger partial charge on any atom is -0.287 e. The first-order chi connectivity index (χ1) is 7.60. The van der Waals surface area contributed by atoms with Crippen molar-refractivity contribution < 1.29 is 18.1 Å². The molecule has 0 rings (SSSR count). The average Bonchev–Trinajstić information content (AvgIpc) is 2.16. The lowest BCUT2D eigenvalue weighted by atomic mass is 10.1. The van der Waals surface area contributed by atoms with Crippen LogP contribution in [0, 0.1) is 0 Å². The summed E-state index contributed by atoms with van der Waals surface area (Å²) in [6.07, 6.45) is 3.09. The zero-order chi connectivity index (χ0) is 13.7. The Morgan fingerprint density at radius 3 is 1.65 bits per heavy atom. The maximum Gasteiger partial charge on any atom is 0.476 e. The Morgan fingerprint density at radius 2 is 1.41 bits per heavy atom. The van der Waals surface area contributed by atoms with Crippen LogP contribution in [-0.2, 0) is 18.1 Å². The van der Waals surface area contributed by atoms with E-state index in [0.717, 1.165) is 0 Å². The van der Waals surface area contributed by atoms with Crippen LogP contribution in [0.15, 0.2) is 25.3 Å². The van der Waals surface area contributed by atoms with Gasteiger partial charge < -0.3 is 0 Å². The fourth-order valence-electron chi connectivity index (χ4n) is 0.880. The van der Waals surface area contributed by atoms with E-state index in [1.165, 1.54) is 0 Å². The summed E-state index contributed by atoms with van der Waals surface area (Å²) in [5, 5.41) is 0. The van der Waals surface area contributed by atoms with Crippen molar-refractivity contribution >= 4 is 7.82 Å². The number of rotatable bonds is 8. The highest BCUT2D eigenvalue weighted by Crippen LogP contribution is 2.55. The van der Waals surface area contributed by atoms with E-state index in [2.05, 4.69) is 13.2 Å². The van der Waals surface area contributed by atoms with Gasteiger partial charge in [-0.2, -0.15) is 0 Å². The maximum absolute atomic E-state index is 12.4. The van der Waals surface area contributed by atoms with Crippen molar-refractivity contribution in [1.82, 2.24) is 0 Å². The van der Waals surface area contributed by atoms with Crippen LogP contribution >= 0.6 is 7.82 Å². The normalized spacial score (nSPS) is 13.5. The Hall–Kier alpha value is -0.410. The summed E-state index contributed by atoms with van der Waals surface area (Å²) >= 11 is 0. The lowest BCUT2D eigenvalue weighted by Gasteiger charge is -2.31. The van der Waals surface area contributed by atoms with Crippen molar-refractivity contribution in [1.29, 1.82) is 0 Å². The van der Waals surface area contributed by atoms with Crippen LogP contribution in [0.4, 0.5) is 0 Å². The first-order valence-electron chi connectivity index (χ1n) is 5.53. The molecule has 0 bridgehead atoms. The second-order valence-corrected chi connectivity index (χ2v) is 6.18. The highest BCUT2D eigenvalue weighted by atomic mass is 31.2. The van der Waals surface area contributed by atoms with E-state index in [1.54, 1.807) is 46.8 Å². The van der Waals surface area contributed by atoms with E-state index in [4.69, 9.17) is 13.6 Å². The number of phosphoric acid groups is 1. The summed E-state index contributed by atoms with van der Waals surface area (Å²) < 4.78 is 28.3. The lowest BCUT2D eigenvalue weighted by molar-refractivity contribution is 0.0253. The molecule has 0 unspecified atom stereocenters. The van der Waals surface area contributed by atoms with Crippen molar-refractivity contribution in [2.75, 3.05) is 6.61 Å². The predicted octanol–water partition coefficient (Wildman–Crippen LogP) is 4.09. The smallest absolute Gasteiger partial charge is 0.287 e. The molecule has 0 atom stereocenters. The van der Waals surface area contributed by atoms with Crippen molar-refractivity contribution in [3.8, 4) is 0 Å². The van der Waals surface area contributed by atoms with Crippen LogP contribution < -0.4 is 0 Å². The number of phosphoric ester groups is 1. The van der Waals surface area contributed by atoms with Gasteiger partial charge in [0.1, 0.15) is 0 Å². The van der Waals surface area contributed by atoms with Crippen LogP contribution in [0.5, 0.6) is 0 Å². The molecular weight excluding hydrogens is 239 g/mol. The fourth-order valence-corrected chi connectivity index (χ4v) is 2.64. The zero-order valence-electron chi connectivity index (χ0n) is 11.4. The molecule has 0 fully saturated rings. The summed E-state index contributed by atoms with van der Waals surface area (Å²) in [5.74, 6) is 0. The molecule has 4 nitrogen and oxygen atoms in total. The summed E-state index contributed by atoms with van der Waals surface area (Å²) in [6, 6.07) is 0. The standard InChI is InChI=1S/C12H23O4P/c1-8-11(4,5)15-17(13,14-10-3)16-12(6,7)9-2/h8-9H,1-2,10H2,3-7H3. The molecule has 0 aromatic rings. The Bertz CT molecular complexity index is 294. The van der Waals surface area contributed by atoms with Crippen LogP contribution in [0.25, 0.3) is 0 Å². The molecule has 0 spiro atoms. The highest BCUT2D eigenvalue weighted by molar-refractivity contribution is 7.48. The zero-order valence-corrected chi connectivity index (χ0v) is 12.3. The number of hydrogen-bond acceptors (Lipinski definition) is 4. The molecule has 17 heavy (non-hydrogen) atoms. The quantitative estimate of drug-likeness (QED) is 0.488. The molecule has 0 aliphatic carbocycles. The second kappa shape index (κ2) is 5.96. The first kappa shape index (κ1) is 16.6. The maximum atomic E-state index is 12.4. The predicted molar refractivity (Wildman–Crippen MR) is 70.0 cm³/mol. The minimum absolute atomic E-state index is 0.234. The first-order valence-corrected chi connectivity index (χ1v) is 6.99. The van der Waals surface area contributed by atoms with E-state index in [0.29, 0.717) is 0 Å². The molecule has 0 saturated carbocycles. The molecule has 5 heteroatoms. The molecule has 0 N–H and O–H groups in total. The monoisotopic (exact) mass is 262 g/mol. The molecule has 100 valence electrons. The van der Waals surface area contributed by atoms with E-state index in [1.807, 2.05) is 0 Å². The van der Waals surface area contributed by atoms with Gasteiger partial charge in [-0.15, -0.1) is 13.2 Å². The van der Waals surface area contributed by atoms with Crippen molar-refractivity contribution in [2.45, 2.75) is 45.8 Å². The summed E-state index contributed by atoms with van der Waals surface area (Å²) in [4.78, 5) is 0. The molecule has 0 aliphatic heterocycles. The van der Waals surface area contributed by atoms with Gasteiger partial charge in [0, 0.05) is 0 Å². The molecule has 0 aliphatic rings. The van der Waals surface area contributed by atoms with Crippen LogP contribution in [0.2, 0.25) is 0 Å². The fraction of sp³-hybridized carbons (Fsp3) is 0.667. The summed E-state index contributed by atoms with van der Waals surface area (Å²) in [5.41, 5.74) is -1.58. The third kappa shape index (κ3) is 6.18. The van der Waals surface area contributed by atoms with Gasteiger partial charge in [-0.25, -0.2) is 4.57 Å². The largest absolute Gasteiger partial charge is 0.476 e. The Labute approximate surface area is 104 Å². The highest BCUT2D eigenvalue weighted by Gasteiger charge is 2.37. The average molecular weight is 262 g/mol. The van der Waals surface area contributed by atoms with Gasteiger partial charge in [0.05, 0.1) is 17.8 Å². The Balaban J connectivity index is 4.98. The van der Waals surface area contributed by atoms with Gasteiger partial charge in [0.2, 0.25) is 0 Å². The molecular formula is C12H23O4P. The molecule has 0 heterocycles. The van der Waals surface area contributed by atoms with Crippen LogP contribution in [0.3, 0.4) is 0 Å². The SMILES string of the molecule is C=CC(C)(C)OP(=O)(OCC)OC(C)(C)C=C. The van der Waals surface area contributed by atoms with Crippen molar-refractivity contribution in [3.63, 3.8) is 0 Å². The molecule has 0 amide bonds. The van der Waals surface area contributed by atoms with Gasteiger partial charge in [0.15, 0.2) is 0 Å². The van der Waals surface area contributed by atoms with E-state index in [9.17, 15) is 4.57 Å². The summed E-state index contributed by atoms with van der Waals surface area (Å²) in [6.45, 7) is 16.1. The topological polar surface area (TPSA) is 44.8 Å². The molecule has 0 aromatic heterocycles. The summed E-state index contributed by atoms with van der Waals surface area (Å²) in [7, 11) is -3.64. The van der Waals surface area contributed by atoms with Gasteiger partial charge in [0.25, 0.3) is 0 Å². The van der Waals surface area contributed by atoms with Crippen LogP contribution in [-0.4, -0.2) is 17.8 Å². The van der Waals surface area contributed by atoms with Crippen molar-refractivity contribution in [3.05, 3.63) is 25.3 Å². The number of hydrogen-bond donors (Lipinski definition) is 0. The lowest BCUT2D eigenvalue weighted by Crippen LogP contribution is -2.26. The van der Waals surface area contributed by atoms with E-state index < -0.39 is 19.0 Å². The van der Waals surface area contributed by atoms with Crippen molar-refractivity contribution in [2.24, 2.45) is 0 Å².